The van der Waals surface area contributed by atoms with Gasteiger partial charge in [-0.25, -0.2) is 0 Å². The molecule has 0 aliphatic heterocycles. The minimum atomic E-state index is -0.508. The molecule has 3 rings (SSSR count). The van der Waals surface area contributed by atoms with Crippen LogP contribution in [0.25, 0.3) is 0 Å². The van der Waals surface area contributed by atoms with E-state index in [9.17, 15) is 9.59 Å². The van der Waals surface area contributed by atoms with Crippen molar-refractivity contribution >= 4 is 51.4 Å². The number of halogens is 2. The summed E-state index contributed by atoms with van der Waals surface area (Å²) in [5, 5.41) is 4.00. The molecule has 2 amide bonds. The second-order valence-corrected chi connectivity index (χ2v) is 7.92. The van der Waals surface area contributed by atoms with Gasteiger partial charge in [0.2, 0.25) is 0 Å². The maximum absolute atomic E-state index is 12.5. The summed E-state index contributed by atoms with van der Waals surface area (Å²) in [5.41, 5.74) is 7.35. The zero-order valence-corrected chi connectivity index (χ0v) is 15.3. The molecular weight excluding hydrogens is 367 g/mol. The summed E-state index contributed by atoms with van der Waals surface area (Å²) >= 11 is 13.3. The van der Waals surface area contributed by atoms with Crippen LogP contribution in [0, 0.1) is 5.92 Å². The van der Waals surface area contributed by atoms with E-state index in [1.165, 1.54) is 17.4 Å². The lowest BCUT2D eigenvalue weighted by Crippen LogP contribution is -2.19. The summed E-state index contributed by atoms with van der Waals surface area (Å²) < 4.78 is 0. The Morgan fingerprint density at radius 3 is 2.71 bits per heavy atom. The molecule has 1 aromatic carbocycles. The van der Waals surface area contributed by atoms with Gasteiger partial charge >= 0.3 is 0 Å². The van der Waals surface area contributed by atoms with Crippen molar-refractivity contribution in [3.8, 4) is 0 Å². The van der Waals surface area contributed by atoms with Gasteiger partial charge in [-0.3, -0.25) is 9.59 Å². The van der Waals surface area contributed by atoms with Crippen molar-refractivity contribution < 1.29 is 9.59 Å². The number of anilines is 1. The van der Waals surface area contributed by atoms with E-state index in [0.717, 1.165) is 29.7 Å². The van der Waals surface area contributed by atoms with Gasteiger partial charge in [-0.05, 0) is 48.9 Å². The Kier molecular flexibility index (Phi) is 4.85. The highest BCUT2D eigenvalue weighted by Gasteiger charge is 2.27. The van der Waals surface area contributed by atoms with Crippen LogP contribution in [0.3, 0.4) is 0 Å². The smallest absolute Gasteiger partial charge is 0.256 e. The average Bonchev–Trinajstić information content (AvgIpc) is 2.86. The van der Waals surface area contributed by atoms with E-state index < -0.39 is 5.91 Å². The van der Waals surface area contributed by atoms with Gasteiger partial charge < -0.3 is 11.1 Å². The molecule has 1 aliphatic rings. The van der Waals surface area contributed by atoms with Crippen LogP contribution < -0.4 is 11.1 Å². The third-order valence-electron chi connectivity index (χ3n) is 4.17. The molecule has 1 aromatic heterocycles. The van der Waals surface area contributed by atoms with Crippen LogP contribution in [0.1, 0.15) is 44.5 Å². The minimum Gasteiger partial charge on any atom is -0.365 e. The highest BCUT2D eigenvalue weighted by molar-refractivity contribution is 7.17. The van der Waals surface area contributed by atoms with Crippen molar-refractivity contribution in [3.63, 3.8) is 0 Å². The van der Waals surface area contributed by atoms with Gasteiger partial charge in [0.15, 0.2) is 0 Å². The zero-order valence-electron chi connectivity index (χ0n) is 13.0. The van der Waals surface area contributed by atoms with E-state index >= 15 is 0 Å². The SMILES string of the molecule is CC1CCc2c(sc(NC(=O)c3ccc(Cl)c(Cl)c3)c2C(N)=O)C1. The van der Waals surface area contributed by atoms with Crippen molar-refractivity contribution in [1.29, 1.82) is 0 Å². The van der Waals surface area contributed by atoms with Gasteiger partial charge in [-0.1, -0.05) is 30.1 Å². The summed E-state index contributed by atoms with van der Waals surface area (Å²) in [6.07, 6.45) is 2.74. The number of nitrogens with two attached hydrogens (primary N) is 1. The van der Waals surface area contributed by atoms with Crippen molar-refractivity contribution in [2.24, 2.45) is 11.7 Å². The summed E-state index contributed by atoms with van der Waals surface area (Å²) in [4.78, 5) is 25.5. The van der Waals surface area contributed by atoms with Crippen LogP contribution in [0.4, 0.5) is 5.00 Å². The number of benzene rings is 1. The van der Waals surface area contributed by atoms with Gasteiger partial charge in [-0.15, -0.1) is 11.3 Å². The fourth-order valence-electron chi connectivity index (χ4n) is 2.91. The second-order valence-electron chi connectivity index (χ2n) is 6.00. The van der Waals surface area contributed by atoms with Crippen LogP contribution in [-0.4, -0.2) is 11.8 Å². The van der Waals surface area contributed by atoms with Crippen LogP contribution in [0.15, 0.2) is 18.2 Å². The zero-order chi connectivity index (χ0) is 17.4. The number of primary amides is 1. The Hall–Kier alpha value is -1.56. The second kappa shape index (κ2) is 6.75. The third kappa shape index (κ3) is 3.29. The molecule has 24 heavy (non-hydrogen) atoms. The Morgan fingerprint density at radius 1 is 1.29 bits per heavy atom. The Balaban J connectivity index is 1.93. The summed E-state index contributed by atoms with van der Waals surface area (Å²) in [6.45, 7) is 2.18. The highest BCUT2D eigenvalue weighted by atomic mass is 35.5. The average molecular weight is 383 g/mol. The molecule has 4 nitrogen and oxygen atoms in total. The molecule has 0 radical (unpaired) electrons. The highest BCUT2D eigenvalue weighted by Crippen LogP contribution is 2.39. The van der Waals surface area contributed by atoms with Crippen LogP contribution in [0.2, 0.25) is 10.0 Å². The molecule has 1 unspecified atom stereocenters. The number of carbonyl (C=O) groups is 2. The normalized spacial score (nSPS) is 16.5. The fraction of sp³-hybridized carbons (Fsp3) is 0.294. The monoisotopic (exact) mass is 382 g/mol. The van der Waals surface area contributed by atoms with Crippen LogP contribution >= 0.6 is 34.5 Å². The molecule has 3 N–H and O–H groups in total. The number of thiophene rings is 1. The molecule has 1 aliphatic carbocycles. The van der Waals surface area contributed by atoms with Crippen molar-refractivity contribution in [3.05, 3.63) is 49.8 Å². The van der Waals surface area contributed by atoms with Crippen LogP contribution in [0.5, 0.6) is 0 Å². The number of amides is 2. The molecule has 0 spiro atoms. The summed E-state index contributed by atoms with van der Waals surface area (Å²) in [6, 6.07) is 4.65. The van der Waals surface area contributed by atoms with E-state index in [4.69, 9.17) is 28.9 Å². The van der Waals surface area contributed by atoms with Crippen molar-refractivity contribution in [2.75, 3.05) is 5.32 Å². The number of rotatable bonds is 3. The Labute approximate surface area is 153 Å². The van der Waals surface area contributed by atoms with E-state index in [2.05, 4.69) is 12.2 Å². The maximum atomic E-state index is 12.5. The van der Waals surface area contributed by atoms with Gasteiger partial charge in [0.25, 0.3) is 11.8 Å². The molecule has 0 saturated carbocycles. The molecule has 2 aromatic rings. The van der Waals surface area contributed by atoms with E-state index in [-0.39, 0.29) is 5.91 Å². The molecule has 0 bridgehead atoms. The quantitative estimate of drug-likeness (QED) is 0.817. The lowest BCUT2D eigenvalue weighted by atomic mass is 9.88. The predicted molar refractivity (Wildman–Crippen MR) is 98.4 cm³/mol. The summed E-state index contributed by atoms with van der Waals surface area (Å²) in [7, 11) is 0. The third-order valence-corrected chi connectivity index (χ3v) is 6.08. The number of hydrogen-bond acceptors (Lipinski definition) is 3. The first kappa shape index (κ1) is 17.3. The molecule has 1 atom stereocenters. The fourth-order valence-corrected chi connectivity index (χ4v) is 4.62. The molecule has 126 valence electrons. The van der Waals surface area contributed by atoms with Gasteiger partial charge in [0.1, 0.15) is 5.00 Å². The largest absolute Gasteiger partial charge is 0.365 e. The predicted octanol–water partition coefficient (Wildman–Crippen LogP) is 4.53. The number of carbonyl (C=O) groups excluding carboxylic acids is 2. The standard InChI is InChI=1S/C17H16Cl2N2O2S/c1-8-2-4-10-13(6-8)24-17(14(10)15(20)22)21-16(23)9-3-5-11(18)12(19)7-9/h3,5,7-8H,2,4,6H2,1H3,(H2,20,22)(H,21,23). The topological polar surface area (TPSA) is 72.2 Å². The lowest BCUT2D eigenvalue weighted by molar-refractivity contribution is 0.1000. The maximum Gasteiger partial charge on any atom is 0.256 e. The lowest BCUT2D eigenvalue weighted by Gasteiger charge is -2.18. The van der Waals surface area contributed by atoms with Crippen molar-refractivity contribution in [2.45, 2.75) is 26.2 Å². The van der Waals surface area contributed by atoms with Gasteiger partial charge in [-0.2, -0.15) is 0 Å². The van der Waals surface area contributed by atoms with Gasteiger partial charge in [0, 0.05) is 10.4 Å². The Morgan fingerprint density at radius 2 is 2.04 bits per heavy atom. The molecule has 7 heteroatoms. The number of hydrogen-bond donors (Lipinski definition) is 2. The number of nitrogens with one attached hydrogen (secondary N) is 1. The van der Waals surface area contributed by atoms with Crippen LogP contribution in [-0.2, 0) is 12.8 Å². The molecule has 1 heterocycles. The molecular formula is C17H16Cl2N2O2S. The molecule has 0 fully saturated rings. The van der Waals surface area contributed by atoms with Gasteiger partial charge in [0.05, 0.1) is 15.6 Å². The van der Waals surface area contributed by atoms with E-state index in [0.29, 0.717) is 32.1 Å². The minimum absolute atomic E-state index is 0.304. The van der Waals surface area contributed by atoms with Crippen molar-refractivity contribution in [1.82, 2.24) is 0 Å². The summed E-state index contributed by atoms with van der Waals surface area (Å²) in [5.74, 6) is -0.287. The molecule has 0 saturated heterocycles. The first-order valence-electron chi connectivity index (χ1n) is 7.57. The van der Waals surface area contributed by atoms with E-state index in [1.54, 1.807) is 12.1 Å². The van der Waals surface area contributed by atoms with E-state index in [1.807, 2.05) is 0 Å². The first-order valence-corrected chi connectivity index (χ1v) is 9.14. The first-order chi connectivity index (χ1) is 11.4. The Bertz CT molecular complexity index is 832. The number of fused-ring (bicyclic) bond motifs is 1.